The average Bonchev–Trinajstić information content (AvgIpc) is 2.86. The van der Waals surface area contributed by atoms with Crippen LogP contribution in [0.1, 0.15) is 12.8 Å². The minimum Gasteiger partial charge on any atom is -0.468 e. The number of hydrogen-bond donors (Lipinski definition) is 3. The van der Waals surface area contributed by atoms with Gasteiger partial charge < -0.3 is 20.7 Å². The zero-order chi connectivity index (χ0) is 12.7. The van der Waals surface area contributed by atoms with Gasteiger partial charge in [0.1, 0.15) is 6.54 Å². The van der Waals surface area contributed by atoms with E-state index >= 15 is 0 Å². The highest BCUT2D eigenvalue weighted by atomic mass is 16.5. The lowest BCUT2D eigenvalue weighted by atomic mass is 10.2. The quantitative estimate of drug-likeness (QED) is 0.492. The molecule has 7 heteroatoms. The van der Waals surface area contributed by atoms with Gasteiger partial charge in [0.15, 0.2) is 0 Å². The molecule has 2 amide bonds. The molecule has 0 aliphatic carbocycles. The van der Waals surface area contributed by atoms with Crippen LogP contribution < -0.4 is 16.0 Å². The number of methoxy groups -OCH3 is 1. The van der Waals surface area contributed by atoms with E-state index in [0.717, 1.165) is 19.4 Å². The van der Waals surface area contributed by atoms with Crippen molar-refractivity contribution in [1.82, 2.24) is 16.0 Å². The predicted octanol–water partition coefficient (Wildman–Crippen LogP) is -1.86. The molecule has 0 aromatic heterocycles. The van der Waals surface area contributed by atoms with E-state index in [1.165, 1.54) is 7.11 Å². The van der Waals surface area contributed by atoms with Crippen molar-refractivity contribution in [3.8, 4) is 0 Å². The van der Waals surface area contributed by atoms with Gasteiger partial charge in [-0.3, -0.25) is 14.4 Å². The molecule has 0 saturated carbocycles. The largest absolute Gasteiger partial charge is 0.468 e. The summed E-state index contributed by atoms with van der Waals surface area (Å²) < 4.78 is 4.36. The van der Waals surface area contributed by atoms with Crippen molar-refractivity contribution in [3.05, 3.63) is 0 Å². The molecule has 1 saturated heterocycles. The van der Waals surface area contributed by atoms with Crippen LogP contribution in [-0.4, -0.2) is 50.6 Å². The lowest BCUT2D eigenvalue weighted by Gasteiger charge is -2.10. The molecule has 0 bridgehead atoms. The number of carbonyl (C=O) groups is 3. The second kappa shape index (κ2) is 6.85. The first-order valence-corrected chi connectivity index (χ1v) is 5.48. The van der Waals surface area contributed by atoms with Crippen LogP contribution in [0.25, 0.3) is 0 Å². The van der Waals surface area contributed by atoms with Crippen LogP contribution in [-0.2, 0) is 19.1 Å². The monoisotopic (exact) mass is 243 g/mol. The number of hydrogen-bond acceptors (Lipinski definition) is 5. The normalized spacial score (nSPS) is 18.5. The molecule has 1 rings (SSSR count). The van der Waals surface area contributed by atoms with Gasteiger partial charge in [-0.05, 0) is 19.4 Å². The van der Waals surface area contributed by atoms with Crippen molar-refractivity contribution in [1.29, 1.82) is 0 Å². The number of esters is 1. The first kappa shape index (κ1) is 13.4. The fourth-order valence-corrected chi connectivity index (χ4v) is 1.50. The zero-order valence-corrected chi connectivity index (χ0v) is 9.75. The summed E-state index contributed by atoms with van der Waals surface area (Å²) in [4.78, 5) is 33.5. The van der Waals surface area contributed by atoms with Crippen LogP contribution >= 0.6 is 0 Å². The highest BCUT2D eigenvalue weighted by Gasteiger charge is 2.21. The second-order valence-electron chi connectivity index (χ2n) is 3.72. The molecular weight excluding hydrogens is 226 g/mol. The van der Waals surface area contributed by atoms with E-state index in [4.69, 9.17) is 0 Å². The Morgan fingerprint density at radius 1 is 1.29 bits per heavy atom. The Hall–Kier alpha value is -1.63. The Bertz CT molecular complexity index is 300. The van der Waals surface area contributed by atoms with Crippen LogP contribution in [0, 0.1) is 0 Å². The van der Waals surface area contributed by atoms with E-state index in [9.17, 15) is 14.4 Å². The summed E-state index contributed by atoms with van der Waals surface area (Å²) in [6.45, 7) is 0.507. The number of ether oxygens (including phenoxy) is 1. The summed E-state index contributed by atoms with van der Waals surface area (Å²) >= 11 is 0. The van der Waals surface area contributed by atoms with Crippen LogP contribution in [0.3, 0.4) is 0 Å². The van der Waals surface area contributed by atoms with Crippen LogP contribution in [0.4, 0.5) is 0 Å². The molecule has 1 aliphatic heterocycles. The maximum Gasteiger partial charge on any atom is 0.325 e. The summed E-state index contributed by atoms with van der Waals surface area (Å²) in [7, 11) is 1.24. The van der Waals surface area contributed by atoms with Crippen LogP contribution in [0.15, 0.2) is 0 Å². The fourth-order valence-electron chi connectivity index (χ4n) is 1.50. The third-order valence-electron chi connectivity index (χ3n) is 2.46. The molecule has 7 nitrogen and oxygen atoms in total. The van der Waals surface area contributed by atoms with Gasteiger partial charge in [0.05, 0.1) is 19.7 Å². The van der Waals surface area contributed by atoms with E-state index in [1.54, 1.807) is 0 Å². The summed E-state index contributed by atoms with van der Waals surface area (Å²) in [6, 6.07) is -0.205. The minimum absolute atomic E-state index is 0.131. The first-order valence-electron chi connectivity index (χ1n) is 5.48. The SMILES string of the molecule is COC(=O)CNC(=O)CNC(=O)[C@@H]1CCCN1. The summed E-state index contributed by atoms with van der Waals surface area (Å²) in [5.41, 5.74) is 0. The van der Waals surface area contributed by atoms with E-state index in [2.05, 4.69) is 20.7 Å². The summed E-state index contributed by atoms with van der Waals surface area (Å²) in [5, 5.41) is 7.85. The molecule has 0 aromatic carbocycles. The maximum absolute atomic E-state index is 11.5. The van der Waals surface area contributed by atoms with Crippen molar-refractivity contribution in [3.63, 3.8) is 0 Å². The van der Waals surface area contributed by atoms with E-state index in [-0.39, 0.29) is 25.0 Å². The summed E-state index contributed by atoms with van der Waals surface area (Å²) in [6.07, 6.45) is 1.75. The smallest absolute Gasteiger partial charge is 0.325 e. The van der Waals surface area contributed by atoms with Crippen molar-refractivity contribution in [2.45, 2.75) is 18.9 Å². The van der Waals surface area contributed by atoms with E-state index in [0.29, 0.717) is 0 Å². The Morgan fingerprint density at radius 3 is 2.65 bits per heavy atom. The number of carbonyl (C=O) groups excluding carboxylic acids is 3. The average molecular weight is 243 g/mol. The van der Waals surface area contributed by atoms with Gasteiger partial charge in [0, 0.05) is 0 Å². The Balaban J connectivity index is 2.14. The van der Waals surface area contributed by atoms with Gasteiger partial charge in [0.25, 0.3) is 0 Å². The number of rotatable bonds is 5. The number of amides is 2. The van der Waals surface area contributed by atoms with Crippen molar-refractivity contribution >= 4 is 17.8 Å². The lowest BCUT2D eigenvalue weighted by molar-refractivity contribution is -0.141. The molecule has 96 valence electrons. The molecule has 0 radical (unpaired) electrons. The van der Waals surface area contributed by atoms with Gasteiger partial charge in [-0.1, -0.05) is 0 Å². The molecule has 17 heavy (non-hydrogen) atoms. The molecular formula is C10H17N3O4. The third-order valence-corrected chi connectivity index (χ3v) is 2.46. The summed E-state index contributed by atoms with van der Waals surface area (Å²) in [5.74, 6) is -1.13. The van der Waals surface area contributed by atoms with Crippen molar-refractivity contribution < 1.29 is 19.1 Å². The Kier molecular flexibility index (Phi) is 5.41. The zero-order valence-electron chi connectivity index (χ0n) is 9.75. The maximum atomic E-state index is 11.5. The van der Waals surface area contributed by atoms with Crippen LogP contribution in [0.5, 0.6) is 0 Å². The van der Waals surface area contributed by atoms with Gasteiger partial charge in [-0.2, -0.15) is 0 Å². The van der Waals surface area contributed by atoms with E-state index in [1.807, 2.05) is 0 Å². The Labute approximate surface area is 99.3 Å². The fraction of sp³-hybridized carbons (Fsp3) is 0.700. The van der Waals surface area contributed by atoms with Gasteiger partial charge in [-0.15, -0.1) is 0 Å². The van der Waals surface area contributed by atoms with Gasteiger partial charge >= 0.3 is 5.97 Å². The molecule has 0 spiro atoms. The Morgan fingerprint density at radius 2 is 2.06 bits per heavy atom. The van der Waals surface area contributed by atoms with Gasteiger partial charge in [-0.25, -0.2) is 0 Å². The van der Waals surface area contributed by atoms with Crippen molar-refractivity contribution in [2.24, 2.45) is 0 Å². The highest BCUT2D eigenvalue weighted by molar-refractivity contribution is 5.88. The molecule has 1 fully saturated rings. The molecule has 1 heterocycles. The van der Waals surface area contributed by atoms with Crippen LogP contribution in [0.2, 0.25) is 0 Å². The minimum atomic E-state index is -0.526. The lowest BCUT2D eigenvalue weighted by Crippen LogP contribution is -2.45. The first-order chi connectivity index (χ1) is 8.13. The molecule has 0 unspecified atom stereocenters. The molecule has 3 N–H and O–H groups in total. The topological polar surface area (TPSA) is 96.5 Å². The molecule has 0 aromatic rings. The number of nitrogens with one attached hydrogen (secondary N) is 3. The van der Waals surface area contributed by atoms with E-state index < -0.39 is 11.9 Å². The standard InChI is InChI=1S/C10H17N3O4/c1-17-9(15)6-12-8(14)5-13-10(16)7-3-2-4-11-7/h7,11H,2-6H2,1H3,(H,12,14)(H,13,16)/t7-/m0/s1. The molecule has 1 atom stereocenters. The predicted molar refractivity (Wildman–Crippen MR) is 59.1 cm³/mol. The highest BCUT2D eigenvalue weighted by Crippen LogP contribution is 2.03. The second-order valence-corrected chi connectivity index (χ2v) is 3.72. The van der Waals surface area contributed by atoms with Gasteiger partial charge in [0.2, 0.25) is 11.8 Å². The third kappa shape index (κ3) is 4.81. The molecule has 1 aliphatic rings. The van der Waals surface area contributed by atoms with Crippen molar-refractivity contribution in [2.75, 3.05) is 26.7 Å².